The summed E-state index contributed by atoms with van der Waals surface area (Å²) >= 11 is 3.29. The average Bonchev–Trinajstić information content (AvgIpc) is 2.30. The molecule has 1 amide bonds. The van der Waals surface area contributed by atoms with Crippen molar-refractivity contribution >= 4 is 27.8 Å². The molecule has 0 saturated carbocycles. The molecule has 1 aromatic carbocycles. The molecule has 17 heavy (non-hydrogen) atoms. The Kier molecular flexibility index (Phi) is 5.11. The van der Waals surface area contributed by atoms with Crippen LogP contribution in [0.15, 0.2) is 28.7 Å². The maximum atomic E-state index is 11.1. The molecule has 0 aliphatic carbocycles. The lowest BCUT2D eigenvalue weighted by Crippen LogP contribution is -2.44. The first-order valence-corrected chi connectivity index (χ1v) is 5.79. The highest BCUT2D eigenvalue weighted by Crippen LogP contribution is 2.12. The third kappa shape index (κ3) is 4.54. The molecule has 1 rings (SSSR count). The normalized spacial score (nSPS) is 11.9. The van der Waals surface area contributed by atoms with Crippen LogP contribution in [-0.4, -0.2) is 29.6 Å². The average molecular weight is 301 g/mol. The molecule has 0 radical (unpaired) electrons. The van der Waals surface area contributed by atoms with E-state index in [2.05, 4.69) is 21.2 Å². The van der Waals surface area contributed by atoms with Crippen LogP contribution in [0.4, 0.5) is 0 Å². The number of carbonyl (C=O) groups excluding carboxylic acids is 1. The van der Waals surface area contributed by atoms with Gasteiger partial charge in [0.05, 0.1) is 6.54 Å². The van der Waals surface area contributed by atoms with Crippen molar-refractivity contribution in [2.45, 2.75) is 12.5 Å². The fraction of sp³-hybridized carbons (Fsp3) is 0.273. The van der Waals surface area contributed by atoms with Gasteiger partial charge in [0.1, 0.15) is 6.04 Å². The van der Waals surface area contributed by atoms with Gasteiger partial charge in [-0.15, -0.1) is 0 Å². The van der Waals surface area contributed by atoms with Crippen LogP contribution in [-0.2, 0) is 16.0 Å². The van der Waals surface area contributed by atoms with Crippen LogP contribution in [0, 0.1) is 0 Å². The number of benzene rings is 1. The minimum Gasteiger partial charge on any atom is -0.480 e. The molecule has 0 saturated heterocycles. The van der Waals surface area contributed by atoms with Crippen LogP contribution in [0.3, 0.4) is 0 Å². The van der Waals surface area contributed by atoms with Gasteiger partial charge in [-0.3, -0.25) is 4.79 Å². The minimum absolute atomic E-state index is 0.218. The van der Waals surface area contributed by atoms with E-state index in [-0.39, 0.29) is 13.0 Å². The van der Waals surface area contributed by atoms with E-state index >= 15 is 0 Å². The van der Waals surface area contributed by atoms with Gasteiger partial charge in [0.15, 0.2) is 0 Å². The Hall–Kier alpha value is -1.40. The van der Waals surface area contributed by atoms with Crippen LogP contribution in [0.2, 0.25) is 0 Å². The molecule has 1 aromatic rings. The summed E-state index contributed by atoms with van der Waals surface area (Å²) in [7, 11) is 0. The molecule has 1 atom stereocenters. The predicted octanol–water partition coefficient (Wildman–Crippen LogP) is 0.520. The number of rotatable bonds is 5. The number of nitrogens with two attached hydrogens (primary N) is 1. The highest BCUT2D eigenvalue weighted by Gasteiger charge is 2.19. The lowest BCUT2D eigenvalue weighted by atomic mass is 10.1. The Morgan fingerprint density at radius 2 is 1.94 bits per heavy atom. The highest BCUT2D eigenvalue weighted by atomic mass is 79.9. The fourth-order valence-corrected chi connectivity index (χ4v) is 1.57. The molecule has 4 N–H and O–H groups in total. The first-order valence-electron chi connectivity index (χ1n) is 4.99. The van der Waals surface area contributed by atoms with Crippen molar-refractivity contribution in [3.8, 4) is 0 Å². The molecule has 0 fully saturated rings. The Bertz CT molecular complexity index is 406. The van der Waals surface area contributed by atoms with Gasteiger partial charge in [-0.05, 0) is 17.7 Å². The van der Waals surface area contributed by atoms with E-state index in [0.717, 1.165) is 10.0 Å². The zero-order chi connectivity index (χ0) is 12.8. The Labute approximate surface area is 107 Å². The molecule has 0 heterocycles. The summed E-state index contributed by atoms with van der Waals surface area (Å²) in [6.07, 6.45) is 0.231. The summed E-state index contributed by atoms with van der Waals surface area (Å²) in [6, 6.07) is 6.29. The first-order chi connectivity index (χ1) is 8.02. The number of carboxylic acids is 1. The van der Waals surface area contributed by atoms with Crippen molar-refractivity contribution < 1.29 is 14.7 Å². The highest BCUT2D eigenvalue weighted by molar-refractivity contribution is 9.10. The van der Waals surface area contributed by atoms with Crippen LogP contribution >= 0.6 is 15.9 Å². The summed E-state index contributed by atoms with van der Waals surface area (Å²) in [4.78, 5) is 22.0. The van der Waals surface area contributed by atoms with Crippen molar-refractivity contribution in [1.82, 2.24) is 5.32 Å². The van der Waals surface area contributed by atoms with Crippen LogP contribution < -0.4 is 11.1 Å². The third-order valence-corrected chi connectivity index (χ3v) is 2.70. The van der Waals surface area contributed by atoms with E-state index < -0.39 is 17.9 Å². The van der Waals surface area contributed by atoms with E-state index in [0.29, 0.717) is 0 Å². The minimum atomic E-state index is -1.07. The number of carbonyl (C=O) groups is 2. The van der Waals surface area contributed by atoms with E-state index in [1.54, 1.807) is 12.1 Å². The third-order valence-electron chi connectivity index (χ3n) is 2.17. The number of amides is 1. The summed E-state index contributed by atoms with van der Waals surface area (Å²) < 4.78 is 0.916. The maximum absolute atomic E-state index is 11.1. The van der Waals surface area contributed by atoms with Gasteiger partial charge in [0.25, 0.3) is 0 Å². The van der Waals surface area contributed by atoms with Crippen LogP contribution in [0.25, 0.3) is 0 Å². The zero-order valence-corrected chi connectivity index (χ0v) is 10.6. The quantitative estimate of drug-likeness (QED) is 0.739. The van der Waals surface area contributed by atoms with Crippen LogP contribution in [0.1, 0.15) is 5.56 Å². The smallest absolute Gasteiger partial charge is 0.326 e. The van der Waals surface area contributed by atoms with Gasteiger partial charge in [-0.2, -0.15) is 0 Å². The maximum Gasteiger partial charge on any atom is 0.326 e. The fourth-order valence-electron chi connectivity index (χ4n) is 1.31. The predicted molar refractivity (Wildman–Crippen MR) is 66.5 cm³/mol. The topological polar surface area (TPSA) is 92.4 Å². The summed E-state index contributed by atoms with van der Waals surface area (Å²) in [5.41, 5.74) is 5.95. The molecular weight excluding hydrogens is 288 g/mol. The molecule has 0 spiro atoms. The molecule has 0 bridgehead atoms. The van der Waals surface area contributed by atoms with E-state index in [9.17, 15) is 9.59 Å². The number of nitrogens with one attached hydrogen (secondary N) is 1. The second-order valence-corrected chi connectivity index (χ2v) is 4.41. The molecule has 0 aromatic heterocycles. The Morgan fingerprint density at radius 3 is 2.41 bits per heavy atom. The molecule has 0 aliphatic heterocycles. The lowest BCUT2D eigenvalue weighted by molar-refractivity contribution is -0.141. The Balaban J connectivity index is 2.70. The standard InChI is InChI=1S/C11H13BrN2O3/c12-8-3-1-7(2-4-8)5-9(11(16)17)14-10(15)6-13/h1-4,9H,5-6,13H2,(H,14,15)(H,16,17)/t9-/m0/s1. The number of hydrogen-bond acceptors (Lipinski definition) is 3. The largest absolute Gasteiger partial charge is 0.480 e. The van der Waals surface area contributed by atoms with Crippen molar-refractivity contribution in [2.75, 3.05) is 6.54 Å². The second kappa shape index (κ2) is 6.36. The molecule has 0 aliphatic rings. The van der Waals surface area contributed by atoms with Gasteiger partial charge in [0, 0.05) is 10.9 Å². The van der Waals surface area contributed by atoms with Crippen molar-refractivity contribution in [3.05, 3.63) is 34.3 Å². The zero-order valence-electron chi connectivity index (χ0n) is 9.02. The molecule has 0 unspecified atom stereocenters. The summed E-state index contributed by atoms with van der Waals surface area (Å²) in [5.74, 6) is -1.55. The van der Waals surface area contributed by atoms with Gasteiger partial charge in [-0.1, -0.05) is 28.1 Å². The van der Waals surface area contributed by atoms with Gasteiger partial charge in [0.2, 0.25) is 5.91 Å². The summed E-state index contributed by atoms with van der Waals surface area (Å²) in [6.45, 7) is -0.218. The molecular formula is C11H13BrN2O3. The number of halogens is 1. The Morgan fingerprint density at radius 1 is 1.35 bits per heavy atom. The van der Waals surface area contributed by atoms with Crippen molar-refractivity contribution in [3.63, 3.8) is 0 Å². The van der Waals surface area contributed by atoms with Gasteiger partial charge < -0.3 is 16.2 Å². The molecule has 6 heteroatoms. The van der Waals surface area contributed by atoms with E-state index in [1.807, 2.05) is 12.1 Å². The second-order valence-electron chi connectivity index (χ2n) is 3.49. The van der Waals surface area contributed by atoms with E-state index in [4.69, 9.17) is 10.8 Å². The van der Waals surface area contributed by atoms with E-state index in [1.165, 1.54) is 0 Å². The van der Waals surface area contributed by atoms with Crippen LogP contribution in [0.5, 0.6) is 0 Å². The van der Waals surface area contributed by atoms with Crippen molar-refractivity contribution in [1.29, 1.82) is 0 Å². The molecule has 92 valence electrons. The number of aliphatic carboxylic acids is 1. The lowest BCUT2D eigenvalue weighted by Gasteiger charge is -2.13. The summed E-state index contributed by atoms with van der Waals surface area (Å²) in [5, 5.41) is 11.3. The molecule has 5 nitrogen and oxygen atoms in total. The number of hydrogen-bond donors (Lipinski definition) is 3. The SMILES string of the molecule is NCC(=O)N[C@@H](Cc1ccc(Br)cc1)C(=O)O. The number of carboxylic acid groups (broad SMARTS) is 1. The first kappa shape index (κ1) is 13.7. The van der Waals surface area contributed by atoms with Gasteiger partial charge in [-0.25, -0.2) is 4.79 Å². The van der Waals surface area contributed by atoms with Gasteiger partial charge >= 0.3 is 5.97 Å². The van der Waals surface area contributed by atoms with Crippen molar-refractivity contribution in [2.24, 2.45) is 5.73 Å². The monoisotopic (exact) mass is 300 g/mol.